The van der Waals surface area contributed by atoms with Gasteiger partial charge in [0.05, 0.1) is 0 Å². The molecule has 1 N–H and O–H groups in total. The highest BCUT2D eigenvalue weighted by atomic mass is 32.2. The van der Waals surface area contributed by atoms with Crippen molar-refractivity contribution in [3.8, 4) is 0 Å². The van der Waals surface area contributed by atoms with Gasteiger partial charge in [-0.2, -0.15) is 13.2 Å². The second-order valence-corrected chi connectivity index (χ2v) is 12.9. The first-order valence-corrected chi connectivity index (χ1v) is 15.3. The van der Waals surface area contributed by atoms with Gasteiger partial charge < -0.3 is 19.7 Å². The van der Waals surface area contributed by atoms with Gasteiger partial charge in [0.25, 0.3) is 5.91 Å². The fraction of sp³-hybridized carbons (Fsp3) is 0.375. The molecule has 2 fully saturated rings. The van der Waals surface area contributed by atoms with E-state index in [1.54, 1.807) is 69.3 Å². The van der Waals surface area contributed by atoms with Crippen LogP contribution in [0.1, 0.15) is 44.4 Å². The molecule has 9 nitrogen and oxygen atoms in total. The number of allylic oxidation sites excluding steroid dienone is 1. The van der Waals surface area contributed by atoms with Crippen LogP contribution in [0.15, 0.2) is 83.6 Å². The molecule has 3 amide bonds. The third kappa shape index (κ3) is 7.35. The van der Waals surface area contributed by atoms with Crippen LogP contribution in [0.5, 0.6) is 0 Å². The molecule has 2 aromatic rings. The Hall–Kier alpha value is -4.26. The Kier molecular flexibility index (Phi) is 9.02. The monoisotopic (exact) mass is 643 g/mol. The van der Waals surface area contributed by atoms with Crippen molar-refractivity contribution < 1.29 is 41.8 Å². The summed E-state index contributed by atoms with van der Waals surface area (Å²) >= 11 is 1.24. The number of carbonyl (C=O) groups excluding carboxylic acids is 4. The molecule has 238 valence electrons. The van der Waals surface area contributed by atoms with Gasteiger partial charge >= 0.3 is 18.2 Å². The highest BCUT2D eigenvalue weighted by Gasteiger charge is 2.55. The molecule has 0 radical (unpaired) electrons. The number of β-lactam (4-membered cyclic amide) rings is 1. The van der Waals surface area contributed by atoms with Gasteiger partial charge in [0.1, 0.15) is 29.3 Å². The molecule has 0 unspecified atom stereocenters. The van der Waals surface area contributed by atoms with Gasteiger partial charge in [-0.3, -0.25) is 14.5 Å². The molecule has 0 saturated carbocycles. The molecule has 0 aromatic heterocycles. The van der Waals surface area contributed by atoms with Crippen molar-refractivity contribution in [3.05, 3.63) is 94.7 Å². The molecule has 0 bridgehead atoms. The van der Waals surface area contributed by atoms with Gasteiger partial charge in [-0.15, -0.1) is 11.8 Å². The quantitative estimate of drug-likeness (QED) is 0.254. The predicted molar refractivity (Wildman–Crippen MR) is 159 cm³/mol. The van der Waals surface area contributed by atoms with Crippen LogP contribution in [-0.4, -0.2) is 75.7 Å². The summed E-state index contributed by atoms with van der Waals surface area (Å²) in [5, 5.41) is 1.89. The lowest BCUT2D eigenvalue weighted by Gasteiger charge is -2.49. The van der Waals surface area contributed by atoms with Crippen LogP contribution in [0.25, 0.3) is 0 Å². The maximum Gasteiger partial charge on any atom is 0.408 e. The van der Waals surface area contributed by atoms with E-state index in [-0.39, 0.29) is 35.6 Å². The summed E-state index contributed by atoms with van der Waals surface area (Å²) in [6, 6.07) is 17.0. The second kappa shape index (κ2) is 12.6. The molecule has 3 aliphatic rings. The van der Waals surface area contributed by atoms with Gasteiger partial charge in [-0.25, -0.2) is 9.59 Å². The lowest BCUT2D eigenvalue weighted by Crippen LogP contribution is -2.70. The average Bonchev–Trinajstić information content (AvgIpc) is 3.31. The SMILES string of the molecule is CC(C)(C)OC(=O)N[C@@H]1C(=O)N2C(C(=O)OC(c3ccccc3)c3ccccc3)=C(C=C3CCN(CC(F)(F)F)C3=O)CS[C@H]12. The first-order valence-electron chi connectivity index (χ1n) is 14.3. The van der Waals surface area contributed by atoms with Gasteiger partial charge in [0, 0.05) is 17.9 Å². The molecule has 45 heavy (non-hydrogen) atoms. The number of halogens is 3. The Labute approximate surface area is 262 Å². The van der Waals surface area contributed by atoms with E-state index in [0.717, 1.165) is 0 Å². The van der Waals surface area contributed by atoms with E-state index in [1.807, 2.05) is 12.1 Å². The normalized spacial score (nSPS) is 21.2. The number of thioether (sulfide) groups is 1. The molecule has 3 heterocycles. The first kappa shape index (κ1) is 32.1. The number of nitrogens with one attached hydrogen (secondary N) is 1. The second-order valence-electron chi connectivity index (χ2n) is 11.8. The zero-order valence-electron chi connectivity index (χ0n) is 24.8. The molecular formula is C32H32F3N3O6S. The standard InChI is InChI=1S/C32H32F3N3O6S/c1-31(2,3)44-30(42)36-23-27(40)38-24(29(41)43-25(19-10-6-4-7-11-19)20-12-8-5-9-13-20)22(17-45-28(23)38)16-21-14-15-37(26(21)39)18-32(33,34)35/h4-13,16,23,25,28H,14-15,17-18H2,1-3H3,(H,36,42)/t23-,28-/m1/s1. The molecule has 13 heteroatoms. The van der Waals surface area contributed by atoms with Crippen LogP contribution in [0.4, 0.5) is 18.0 Å². The number of esters is 1. The van der Waals surface area contributed by atoms with Crippen molar-refractivity contribution in [1.82, 2.24) is 15.1 Å². The van der Waals surface area contributed by atoms with Gasteiger partial charge in [0.15, 0.2) is 6.10 Å². The van der Waals surface area contributed by atoms with Crippen LogP contribution < -0.4 is 5.32 Å². The number of likely N-dealkylation sites (tertiary alicyclic amines) is 1. The van der Waals surface area contributed by atoms with Crippen molar-refractivity contribution in [2.45, 2.75) is 56.5 Å². The minimum absolute atomic E-state index is 0.0439. The van der Waals surface area contributed by atoms with E-state index in [9.17, 15) is 32.3 Å². The third-order valence-corrected chi connectivity index (χ3v) is 8.53. The van der Waals surface area contributed by atoms with E-state index in [1.165, 1.54) is 22.7 Å². The first-order chi connectivity index (χ1) is 21.2. The molecular weight excluding hydrogens is 611 g/mol. The Bertz CT molecular complexity index is 1500. The highest BCUT2D eigenvalue weighted by molar-refractivity contribution is 8.00. The zero-order chi connectivity index (χ0) is 32.5. The van der Waals surface area contributed by atoms with Crippen LogP contribution in [0.2, 0.25) is 0 Å². The van der Waals surface area contributed by atoms with Crippen molar-refractivity contribution in [2.24, 2.45) is 0 Å². The van der Waals surface area contributed by atoms with Gasteiger partial charge in [-0.05, 0) is 50.0 Å². The van der Waals surface area contributed by atoms with Gasteiger partial charge in [0.2, 0.25) is 5.91 Å². The maximum absolute atomic E-state index is 14.1. The summed E-state index contributed by atoms with van der Waals surface area (Å²) in [5.41, 5.74) is 0.778. The minimum Gasteiger partial charge on any atom is -0.448 e. The molecule has 0 aliphatic carbocycles. The number of hydrogen-bond donors (Lipinski definition) is 1. The summed E-state index contributed by atoms with van der Waals surface area (Å²) in [7, 11) is 0. The Morgan fingerprint density at radius 1 is 1.02 bits per heavy atom. The number of ether oxygens (including phenoxy) is 2. The average molecular weight is 644 g/mol. The third-order valence-electron chi connectivity index (χ3n) is 7.22. The number of hydrogen-bond acceptors (Lipinski definition) is 7. The lowest BCUT2D eigenvalue weighted by atomic mass is 10.00. The molecule has 5 rings (SSSR count). The number of carbonyl (C=O) groups is 4. The molecule has 3 aliphatic heterocycles. The predicted octanol–water partition coefficient (Wildman–Crippen LogP) is 5.10. The van der Waals surface area contributed by atoms with Crippen LogP contribution >= 0.6 is 11.8 Å². The fourth-order valence-corrected chi connectivity index (χ4v) is 6.61. The van der Waals surface area contributed by atoms with Crippen molar-refractivity contribution in [3.63, 3.8) is 0 Å². The summed E-state index contributed by atoms with van der Waals surface area (Å²) in [5.74, 6) is -2.10. The van der Waals surface area contributed by atoms with Crippen LogP contribution in [-0.2, 0) is 23.9 Å². The molecule has 2 saturated heterocycles. The smallest absolute Gasteiger partial charge is 0.408 e. The number of alkyl halides is 3. The number of benzene rings is 2. The maximum atomic E-state index is 14.1. The summed E-state index contributed by atoms with van der Waals surface area (Å²) < 4.78 is 50.5. The summed E-state index contributed by atoms with van der Waals surface area (Å²) in [6.45, 7) is 3.55. The number of alkyl carbamates (subject to hydrolysis) is 1. The van der Waals surface area contributed by atoms with E-state index < -0.39 is 59.7 Å². The van der Waals surface area contributed by atoms with Gasteiger partial charge in [-0.1, -0.05) is 60.7 Å². The van der Waals surface area contributed by atoms with Crippen molar-refractivity contribution in [2.75, 3.05) is 18.8 Å². The summed E-state index contributed by atoms with van der Waals surface area (Å²) in [4.78, 5) is 54.8. The number of nitrogens with zero attached hydrogens (tertiary/aromatic N) is 2. The van der Waals surface area contributed by atoms with E-state index >= 15 is 0 Å². The summed E-state index contributed by atoms with van der Waals surface area (Å²) in [6.07, 6.45) is -4.77. The van der Waals surface area contributed by atoms with Crippen LogP contribution in [0.3, 0.4) is 0 Å². The molecule has 0 spiro atoms. The zero-order valence-corrected chi connectivity index (χ0v) is 25.6. The topological polar surface area (TPSA) is 105 Å². The Morgan fingerprint density at radius 2 is 1.62 bits per heavy atom. The minimum atomic E-state index is -4.56. The molecule has 2 aromatic carbocycles. The Morgan fingerprint density at radius 3 is 2.18 bits per heavy atom. The van der Waals surface area contributed by atoms with E-state index in [4.69, 9.17) is 9.47 Å². The van der Waals surface area contributed by atoms with Crippen molar-refractivity contribution >= 4 is 35.6 Å². The Balaban J connectivity index is 1.49. The number of amides is 3. The fourth-order valence-electron chi connectivity index (χ4n) is 5.30. The van der Waals surface area contributed by atoms with E-state index in [0.29, 0.717) is 16.0 Å². The van der Waals surface area contributed by atoms with E-state index in [2.05, 4.69) is 5.32 Å². The lowest BCUT2D eigenvalue weighted by molar-refractivity contribution is -0.156. The van der Waals surface area contributed by atoms with Crippen molar-refractivity contribution in [1.29, 1.82) is 0 Å². The largest absolute Gasteiger partial charge is 0.448 e. The molecule has 2 atom stereocenters. The van der Waals surface area contributed by atoms with Crippen LogP contribution in [0, 0.1) is 0 Å². The highest BCUT2D eigenvalue weighted by Crippen LogP contribution is 2.42. The number of fused-ring (bicyclic) bond motifs is 1. The number of rotatable bonds is 7.